The molecular formula is C23H22F3N5O3. The van der Waals surface area contributed by atoms with E-state index in [1.165, 1.54) is 16.6 Å². The summed E-state index contributed by atoms with van der Waals surface area (Å²) in [7, 11) is 0. The third kappa shape index (κ3) is 6.29. The maximum Gasteiger partial charge on any atom is 0.417 e. The van der Waals surface area contributed by atoms with Crippen molar-refractivity contribution < 1.29 is 27.8 Å². The predicted octanol–water partition coefficient (Wildman–Crippen LogP) is 4.13. The van der Waals surface area contributed by atoms with Gasteiger partial charge >= 0.3 is 6.18 Å². The van der Waals surface area contributed by atoms with Crippen molar-refractivity contribution in [3.63, 3.8) is 0 Å². The zero-order valence-electron chi connectivity index (χ0n) is 18.2. The lowest BCUT2D eigenvalue weighted by Gasteiger charge is -2.12. The molecule has 3 aromatic heterocycles. The number of aliphatic hydroxyl groups is 1. The zero-order valence-corrected chi connectivity index (χ0v) is 18.2. The molecule has 0 saturated heterocycles. The van der Waals surface area contributed by atoms with Gasteiger partial charge in [0.1, 0.15) is 5.82 Å². The molecule has 3 heterocycles. The van der Waals surface area contributed by atoms with E-state index < -0.39 is 11.7 Å². The monoisotopic (exact) mass is 473 g/mol. The summed E-state index contributed by atoms with van der Waals surface area (Å²) in [5.41, 5.74) is 1.02. The van der Waals surface area contributed by atoms with Crippen LogP contribution in [-0.4, -0.2) is 44.3 Å². The first kappa shape index (κ1) is 24.6. The predicted molar refractivity (Wildman–Crippen MR) is 119 cm³/mol. The van der Waals surface area contributed by atoms with Crippen LogP contribution in [0.4, 0.5) is 19.0 Å². The van der Waals surface area contributed by atoms with Crippen molar-refractivity contribution in [2.45, 2.75) is 19.5 Å². The summed E-state index contributed by atoms with van der Waals surface area (Å²) in [6.07, 6.45) is -1.66. The van der Waals surface area contributed by atoms with Gasteiger partial charge in [-0.25, -0.2) is 9.50 Å². The molecule has 0 radical (unpaired) electrons. The maximum absolute atomic E-state index is 13.0. The lowest BCUT2D eigenvalue weighted by Crippen LogP contribution is -2.08. The first-order valence-corrected chi connectivity index (χ1v) is 10.2. The molecule has 0 spiro atoms. The fourth-order valence-electron chi connectivity index (χ4n) is 2.96. The zero-order chi connectivity index (χ0) is 24.6. The van der Waals surface area contributed by atoms with E-state index in [9.17, 15) is 18.0 Å². The van der Waals surface area contributed by atoms with Crippen molar-refractivity contribution in [3.8, 4) is 17.1 Å². The number of nitrogens with zero attached hydrogens (tertiary/aromatic N) is 4. The van der Waals surface area contributed by atoms with Crippen LogP contribution in [0.1, 0.15) is 17.7 Å². The molecule has 0 fully saturated rings. The van der Waals surface area contributed by atoms with Crippen LogP contribution >= 0.6 is 0 Å². The maximum atomic E-state index is 13.0. The molecule has 4 aromatic rings. The normalized spacial score (nSPS) is 11.0. The second kappa shape index (κ2) is 11.2. The number of pyridine rings is 1. The number of benzene rings is 1. The molecule has 0 aliphatic rings. The number of rotatable bonds is 7. The third-order valence-electron chi connectivity index (χ3n) is 4.52. The fourth-order valence-corrected chi connectivity index (χ4v) is 2.96. The average molecular weight is 473 g/mol. The van der Waals surface area contributed by atoms with Crippen LogP contribution in [0.3, 0.4) is 0 Å². The van der Waals surface area contributed by atoms with Crippen LogP contribution in [-0.2, 0) is 11.0 Å². The minimum absolute atomic E-state index is 0.0648. The van der Waals surface area contributed by atoms with E-state index in [-0.39, 0.29) is 17.9 Å². The molecule has 0 aliphatic heterocycles. The van der Waals surface area contributed by atoms with Crippen molar-refractivity contribution in [1.29, 1.82) is 0 Å². The van der Waals surface area contributed by atoms with Crippen LogP contribution in [0.5, 0.6) is 5.88 Å². The Bertz CT molecular complexity index is 1240. The lowest BCUT2D eigenvalue weighted by atomic mass is 10.0. The Morgan fingerprint density at radius 2 is 1.91 bits per heavy atom. The third-order valence-corrected chi connectivity index (χ3v) is 4.52. The van der Waals surface area contributed by atoms with Crippen LogP contribution in [0, 0.1) is 6.92 Å². The standard InChI is InChI=1S/C14H10F3N3.C9H12N2O3/c1-9-8-18-13-7-6-12(19-20(9)13)10-4-2-3-5-11(10)14(15,16)17;12-5-2-6-14-9-4-1-3-8(11-9)10-7-13/h2-8H,1H3;1,3-4,7,12H,2,5-6H2,(H,10,11,13). The number of hydrogen-bond acceptors (Lipinski definition) is 6. The number of nitrogens with one attached hydrogen (secondary N) is 1. The van der Waals surface area contributed by atoms with Crippen LogP contribution in [0.25, 0.3) is 16.9 Å². The molecule has 11 heteroatoms. The highest BCUT2D eigenvalue weighted by molar-refractivity contribution is 5.68. The van der Waals surface area contributed by atoms with Gasteiger partial charge in [-0.05, 0) is 31.2 Å². The summed E-state index contributed by atoms with van der Waals surface area (Å²) in [5.74, 6) is 0.881. The van der Waals surface area contributed by atoms with Gasteiger partial charge in [-0.15, -0.1) is 0 Å². The number of anilines is 1. The second-order valence-electron chi connectivity index (χ2n) is 6.98. The summed E-state index contributed by atoms with van der Waals surface area (Å²) in [6.45, 7) is 2.30. The van der Waals surface area contributed by atoms with E-state index in [0.717, 1.165) is 11.8 Å². The Morgan fingerprint density at radius 3 is 2.65 bits per heavy atom. The molecule has 1 aromatic carbocycles. The quantitative estimate of drug-likeness (QED) is 0.309. The largest absolute Gasteiger partial charge is 0.478 e. The molecule has 0 saturated carbocycles. The van der Waals surface area contributed by atoms with Crippen LogP contribution in [0.15, 0.2) is 60.8 Å². The summed E-state index contributed by atoms with van der Waals surface area (Å²) in [4.78, 5) is 18.2. The van der Waals surface area contributed by atoms with Gasteiger partial charge in [0, 0.05) is 24.7 Å². The molecule has 2 N–H and O–H groups in total. The molecule has 1 amide bonds. The van der Waals surface area contributed by atoms with Gasteiger partial charge in [0.15, 0.2) is 5.65 Å². The second-order valence-corrected chi connectivity index (χ2v) is 6.98. The number of fused-ring (bicyclic) bond motifs is 1. The van der Waals surface area contributed by atoms with Gasteiger partial charge in [-0.1, -0.05) is 24.3 Å². The van der Waals surface area contributed by atoms with Gasteiger partial charge in [-0.3, -0.25) is 4.79 Å². The first-order chi connectivity index (χ1) is 16.3. The molecule has 0 unspecified atom stereocenters. The molecule has 0 aliphatic carbocycles. The van der Waals surface area contributed by atoms with E-state index in [1.807, 2.05) is 0 Å². The molecule has 4 rings (SSSR count). The number of halogens is 3. The minimum atomic E-state index is -4.41. The summed E-state index contributed by atoms with van der Waals surface area (Å²) >= 11 is 0. The molecule has 0 atom stereocenters. The number of ether oxygens (including phenoxy) is 1. The number of aliphatic hydroxyl groups excluding tert-OH is 1. The van der Waals surface area contributed by atoms with E-state index in [4.69, 9.17) is 9.84 Å². The summed E-state index contributed by atoms with van der Waals surface area (Å²) < 4.78 is 45.8. The van der Waals surface area contributed by atoms with E-state index in [1.54, 1.807) is 49.5 Å². The van der Waals surface area contributed by atoms with Crippen molar-refractivity contribution in [2.75, 3.05) is 18.5 Å². The van der Waals surface area contributed by atoms with Crippen LogP contribution < -0.4 is 10.1 Å². The van der Waals surface area contributed by atoms with E-state index in [0.29, 0.717) is 36.8 Å². The van der Waals surface area contributed by atoms with Gasteiger partial charge in [-0.2, -0.15) is 23.3 Å². The number of carbonyl (C=O) groups excluding carboxylic acids is 1. The van der Waals surface area contributed by atoms with E-state index in [2.05, 4.69) is 20.4 Å². The van der Waals surface area contributed by atoms with Crippen molar-refractivity contribution >= 4 is 17.9 Å². The first-order valence-electron chi connectivity index (χ1n) is 10.2. The number of carbonyl (C=O) groups is 1. The fraction of sp³-hybridized carbons (Fsp3) is 0.217. The minimum Gasteiger partial charge on any atom is -0.478 e. The van der Waals surface area contributed by atoms with Crippen molar-refractivity contribution in [2.24, 2.45) is 0 Å². The Labute approximate surface area is 193 Å². The van der Waals surface area contributed by atoms with E-state index >= 15 is 0 Å². The number of alkyl halides is 3. The van der Waals surface area contributed by atoms with Gasteiger partial charge in [0.25, 0.3) is 0 Å². The molecule has 0 bridgehead atoms. The topological polar surface area (TPSA) is 102 Å². The smallest absolute Gasteiger partial charge is 0.417 e. The highest BCUT2D eigenvalue weighted by Crippen LogP contribution is 2.36. The molecule has 34 heavy (non-hydrogen) atoms. The molecular weight excluding hydrogens is 451 g/mol. The summed E-state index contributed by atoms with van der Waals surface area (Å²) in [6, 6.07) is 13.7. The average Bonchev–Trinajstić information content (AvgIpc) is 3.20. The number of aromatic nitrogens is 4. The summed E-state index contributed by atoms with van der Waals surface area (Å²) in [5, 5.41) is 15.2. The molecule has 178 valence electrons. The number of hydrogen-bond donors (Lipinski definition) is 2. The lowest BCUT2D eigenvalue weighted by molar-refractivity contribution is -0.137. The highest BCUT2D eigenvalue weighted by atomic mass is 19.4. The number of amides is 1. The SMILES string of the molecule is Cc1cnc2ccc(-c3ccccc3C(F)(F)F)nn12.O=CNc1cccc(OCCCO)n1. The highest BCUT2D eigenvalue weighted by Gasteiger charge is 2.33. The Hall–Kier alpha value is -3.99. The Kier molecular flexibility index (Phi) is 8.14. The van der Waals surface area contributed by atoms with Gasteiger partial charge < -0.3 is 15.2 Å². The van der Waals surface area contributed by atoms with Gasteiger partial charge in [0.05, 0.1) is 29.8 Å². The van der Waals surface area contributed by atoms with Gasteiger partial charge in [0.2, 0.25) is 12.3 Å². The van der Waals surface area contributed by atoms with Crippen molar-refractivity contribution in [3.05, 3.63) is 72.1 Å². The number of aryl methyl sites for hydroxylation is 1. The van der Waals surface area contributed by atoms with Crippen molar-refractivity contribution in [1.82, 2.24) is 19.6 Å². The Balaban J connectivity index is 0.000000204. The molecule has 8 nitrogen and oxygen atoms in total. The van der Waals surface area contributed by atoms with Crippen LogP contribution in [0.2, 0.25) is 0 Å². The number of imidazole rings is 1. The Morgan fingerprint density at radius 1 is 1.12 bits per heavy atom.